The fourth-order valence-electron chi connectivity index (χ4n) is 4.76. The first kappa shape index (κ1) is 21.1. The summed E-state index contributed by atoms with van der Waals surface area (Å²) < 4.78 is 32.9. The van der Waals surface area contributed by atoms with E-state index in [1.165, 1.54) is 15.9 Å². The van der Waals surface area contributed by atoms with Crippen LogP contribution in [0.4, 0.5) is 0 Å². The number of benzene rings is 1. The molecule has 1 aromatic heterocycles. The van der Waals surface area contributed by atoms with Crippen molar-refractivity contribution in [2.75, 3.05) is 20.1 Å². The average Bonchev–Trinajstić information content (AvgIpc) is 3.44. The lowest BCUT2D eigenvalue weighted by molar-refractivity contribution is 0.0656. The van der Waals surface area contributed by atoms with Gasteiger partial charge < -0.3 is 9.32 Å². The van der Waals surface area contributed by atoms with Gasteiger partial charge in [-0.05, 0) is 56.9 Å². The zero-order valence-corrected chi connectivity index (χ0v) is 18.5. The molecule has 0 atom stereocenters. The Morgan fingerprint density at radius 1 is 1.07 bits per heavy atom. The molecule has 0 N–H and O–H groups in total. The first-order valence-corrected chi connectivity index (χ1v) is 12.2. The van der Waals surface area contributed by atoms with Crippen molar-refractivity contribution in [3.8, 4) is 0 Å². The highest BCUT2D eigenvalue weighted by atomic mass is 32.2. The Morgan fingerprint density at radius 3 is 2.33 bits per heavy atom. The van der Waals surface area contributed by atoms with Crippen molar-refractivity contribution < 1.29 is 17.6 Å². The standard InChI is InChI=1S/C23H30N2O4S/c1-17-22(30(27,28)25-14-6-7-15-25)16-21(29-17)23(26)24(2)20-12-10-19(11-13-20)18-8-4-3-5-9-18/h3-5,8-9,16,19-20H,6-7,10-15H2,1-2H3. The van der Waals surface area contributed by atoms with Crippen LogP contribution >= 0.6 is 0 Å². The molecule has 30 heavy (non-hydrogen) atoms. The van der Waals surface area contributed by atoms with Crippen molar-refractivity contribution in [3.63, 3.8) is 0 Å². The van der Waals surface area contributed by atoms with Crippen molar-refractivity contribution >= 4 is 15.9 Å². The molecule has 1 aromatic carbocycles. The number of hydrogen-bond acceptors (Lipinski definition) is 4. The third-order valence-corrected chi connectivity index (χ3v) is 8.61. The van der Waals surface area contributed by atoms with Crippen LogP contribution in [-0.4, -0.2) is 49.7 Å². The van der Waals surface area contributed by atoms with Crippen molar-refractivity contribution in [2.24, 2.45) is 0 Å². The molecule has 1 saturated carbocycles. The molecule has 0 bridgehead atoms. The molecule has 2 fully saturated rings. The van der Waals surface area contributed by atoms with Crippen LogP contribution < -0.4 is 0 Å². The maximum Gasteiger partial charge on any atom is 0.289 e. The van der Waals surface area contributed by atoms with E-state index < -0.39 is 10.0 Å². The SMILES string of the molecule is Cc1oc(C(=O)N(C)C2CCC(c3ccccc3)CC2)cc1S(=O)(=O)N1CCCC1. The van der Waals surface area contributed by atoms with Crippen LogP contribution in [0.2, 0.25) is 0 Å². The minimum Gasteiger partial charge on any atom is -0.455 e. The van der Waals surface area contributed by atoms with E-state index in [-0.39, 0.29) is 28.4 Å². The van der Waals surface area contributed by atoms with E-state index in [4.69, 9.17) is 4.42 Å². The topological polar surface area (TPSA) is 70.8 Å². The van der Waals surface area contributed by atoms with E-state index >= 15 is 0 Å². The number of hydrogen-bond donors (Lipinski definition) is 0. The molecule has 4 rings (SSSR count). The van der Waals surface area contributed by atoms with Gasteiger partial charge in [-0.1, -0.05) is 30.3 Å². The van der Waals surface area contributed by atoms with Gasteiger partial charge in [-0.2, -0.15) is 4.31 Å². The molecule has 2 heterocycles. The summed E-state index contributed by atoms with van der Waals surface area (Å²) in [5, 5.41) is 0. The number of nitrogens with zero attached hydrogens (tertiary/aromatic N) is 2. The normalized spacial score (nSPS) is 22.9. The van der Waals surface area contributed by atoms with Gasteiger partial charge in [0, 0.05) is 32.2 Å². The second-order valence-corrected chi connectivity index (χ2v) is 10.4. The van der Waals surface area contributed by atoms with Crippen LogP contribution in [-0.2, 0) is 10.0 Å². The van der Waals surface area contributed by atoms with Crippen LogP contribution in [0.15, 0.2) is 45.7 Å². The third-order valence-electron chi connectivity index (χ3n) is 6.60. The Hall–Kier alpha value is -2.12. The van der Waals surface area contributed by atoms with Crippen LogP contribution in [0.3, 0.4) is 0 Å². The number of carbonyl (C=O) groups is 1. The van der Waals surface area contributed by atoms with Crippen molar-refractivity contribution in [1.82, 2.24) is 9.21 Å². The van der Waals surface area contributed by atoms with Crippen LogP contribution in [0, 0.1) is 6.92 Å². The minimum atomic E-state index is -3.60. The van der Waals surface area contributed by atoms with Gasteiger partial charge in [-0.25, -0.2) is 8.42 Å². The maximum absolute atomic E-state index is 13.0. The highest BCUT2D eigenvalue weighted by Crippen LogP contribution is 2.35. The van der Waals surface area contributed by atoms with Crippen LogP contribution in [0.25, 0.3) is 0 Å². The monoisotopic (exact) mass is 430 g/mol. The largest absolute Gasteiger partial charge is 0.455 e. The quantitative estimate of drug-likeness (QED) is 0.714. The summed E-state index contributed by atoms with van der Waals surface area (Å²) in [6, 6.07) is 12.1. The first-order valence-electron chi connectivity index (χ1n) is 10.8. The Bertz CT molecular complexity index is 985. The van der Waals surface area contributed by atoms with E-state index in [2.05, 4.69) is 24.3 Å². The number of sulfonamides is 1. The maximum atomic E-state index is 13.0. The summed E-state index contributed by atoms with van der Waals surface area (Å²) in [5.41, 5.74) is 1.36. The van der Waals surface area contributed by atoms with E-state index in [0.717, 1.165) is 38.5 Å². The highest BCUT2D eigenvalue weighted by molar-refractivity contribution is 7.89. The van der Waals surface area contributed by atoms with E-state index in [1.54, 1.807) is 18.9 Å². The summed E-state index contributed by atoms with van der Waals surface area (Å²) in [6.45, 7) is 2.67. The number of amides is 1. The fraction of sp³-hybridized carbons (Fsp3) is 0.522. The lowest BCUT2D eigenvalue weighted by Gasteiger charge is -2.34. The molecule has 1 amide bonds. The second kappa shape index (κ2) is 8.55. The lowest BCUT2D eigenvalue weighted by Crippen LogP contribution is -2.39. The van der Waals surface area contributed by atoms with E-state index in [9.17, 15) is 13.2 Å². The number of rotatable bonds is 5. The smallest absolute Gasteiger partial charge is 0.289 e. The van der Waals surface area contributed by atoms with Gasteiger partial charge in [-0.15, -0.1) is 0 Å². The zero-order valence-electron chi connectivity index (χ0n) is 17.7. The molecule has 0 unspecified atom stereocenters. The molecular weight excluding hydrogens is 400 g/mol. The second-order valence-electron chi connectivity index (χ2n) is 8.47. The van der Waals surface area contributed by atoms with Gasteiger partial charge in [0.2, 0.25) is 10.0 Å². The third kappa shape index (κ3) is 4.05. The average molecular weight is 431 g/mol. The first-order chi connectivity index (χ1) is 14.4. The van der Waals surface area contributed by atoms with E-state index in [0.29, 0.717) is 19.0 Å². The lowest BCUT2D eigenvalue weighted by atomic mass is 9.81. The zero-order chi connectivity index (χ0) is 21.3. The molecule has 1 aliphatic heterocycles. The summed E-state index contributed by atoms with van der Waals surface area (Å²) >= 11 is 0. The molecule has 1 saturated heterocycles. The Labute approximate surface area is 178 Å². The minimum absolute atomic E-state index is 0.109. The van der Waals surface area contributed by atoms with Gasteiger partial charge in [0.15, 0.2) is 5.76 Å². The molecule has 0 spiro atoms. The Morgan fingerprint density at radius 2 is 1.70 bits per heavy atom. The summed E-state index contributed by atoms with van der Waals surface area (Å²) in [6.07, 6.45) is 5.68. The van der Waals surface area contributed by atoms with Gasteiger partial charge in [0.1, 0.15) is 10.7 Å². The summed E-state index contributed by atoms with van der Waals surface area (Å²) in [7, 11) is -1.81. The molecule has 2 aliphatic rings. The molecule has 0 radical (unpaired) electrons. The van der Waals surface area contributed by atoms with Crippen LogP contribution in [0.1, 0.15) is 66.3 Å². The van der Waals surface area contributed by atoms with Gasteiger partial charge in [0.05, 0.1) is 0 Å². The molecular formula is C23H30N2O4S. The Kier molecular flexibility index (Phi) is 6.02. The number of aryl methyl sites for hydroxylation is 1. The van der Waals surface area contributed by atoms with Gasteiger partial charge >= 0.3 is 0 Å². The summed E-state index contributed by atoms with van der Waals surface area (Å²) in [4.78, 5) is 14.9. The van der Waals surface area contributed by atoms with Crippen molar-refractivity contribution in [3.05, 3.63) is 53.5 Å². The summed E-state index contributed by atoms with van der Waals surface area (Å²) in [5.74, 6) is 0.683. The molecule has 7 heteroatoms. The van der Waals surface area contributed by atoms with Crippen LogP contribution in [0.5, 0.6) is 0 Å². The highest BCUT2D eigenvalue weighted by Gasteiger charge is 2.34. The molecule has 1 aliphatic carbocycles. The number of carbonyl (C=O) groups excluding carboxylic acids is 1. The van der Waals surface area contributed by atoms with Gasteiger partial charge in [0.25, 0.3) is 5.91 Å². The number of furan rings is 1. The molecule has 2 aromatic rings. The van der Waals surface area contributed by atoms with Crippen molar-refractivity contribution in [2.45, 2.75) is 62.3 Å². The predicted molar refractivity (Wildman–Crippen MR) is 115 cm³/mol. The van der Waals surface area contributed by atoms with E-state index in [1.807, 2.05) is 6.07 Å². The molecule has 162 valence electrons. The molecule has 6 nitrogen and oxygen atoms in total. The van der Waals surface area contributed by atoms with Gasteiger partial charge in [-0.3, -0.25) is 4.79 Å². The fourth-order valence-corrected chi connectivity index (χ4v) is 6.43. The Balaban J connectivity index is 1.44. The predicted octanol–water partition coefficient (Wildman–Crippen LogP) is 4.17. The van der Waals surface area contributed by atoms with Crippen molar-refractivity contribution in [1.29, 1.82) is 0 Å².